The number of aromatic amines is 1. The number of nitrogens with zero attached hydrogens (tertiary/aromatic N) is 4. The maximum atomic E-state index is 12.7. The monoisotopic (exact) mass is 468 g/mol. The number of ether oxygens (including phenoxy) is 1. The summed E-state index contributed by atoms with van der Waals surface area (Å²) in [6.07, 6.45) is 1.34. The third-order valence-electron chi connectivity index (χ3n) is 5.88. The lowest BCUT2D eigenvalue weighted by molar-refractivity contribution is 0.0855. The highest BCUT2D eigenvalue weighted by Gasteiger charge is 2.28. The van der Waals surface area contributed by atoms with Gasteiger partial charge in [-0.2, -0.15) is 5.10 Å². The Morgan fingerprint density at radius 3 is 2.82 bits per heavy atom. The Hall–Kier alpha value is -3.34. The number of anilines is 1. The van der Waals surface area contributed by atoms with Crippen LogP contribution in [-0.2, 0) is 0 Å². The predicted octanol–water partition coefficient (Wildman–Crippen LogP) is 2.19. The lowest BCUT2D eigenvalue weighted by Crippen LogP contribution is -2.57. The fraction of sp³-hybridized carbons (Fsp3) is 0.318. The number of likely N-dealkylation sites (N-methyl/N-ethyl adjacent to an activating group) is 1. The minimum Gasteiger partial charge on any atom is -0.496 e. The molecule has 1 atom stereocenters. The van der Waals surface area contributed by atoms with Gasteiger partial charge in [0.05, 0.1) is 41.1 Å². The van der Waals surface area contributed by atoms with Crippen molar-refractivity contribution in [2.24, 2.45) is 4.99 Å². The molecule has 1 aromatic heterocycles. The Labute approximate surface area is 195 Å². The number of halogens is 1. The lowest BCUT2D eigenvalue weighted by atomic mass is 10.1. The second-order valence-electron chi connectivity index (χ2n) is 8.28. The number of hydrogen-bond acceptors (Lipinski definition) is 8. The average Bonchev–Trinajstić information content (AvgIpc) is 3.41. The van der Waals surface area contributed by atoms with E-state index >= 15 is 0 Å². The maximum absolute atomic E-state index is 12.7. The van der Waals surface area contributed by atoms with E-state index in [1.54, 1.807) is 24.4 Å². The predicted molar refractivity (Wildman–Crippen MR) is 128 cm³/mol. The van der Waals surface area contributed by atoms with E-state index in [1.807, 2.05) is 38.4 Å². The van der Waals surface area contributed by atoms with Crippen molar-refractivity contribution in [1.29, 1.82) is 0 Å². The molecule has 2 aliphatic heterocycles. The molecular formula is C22H25ClN8O2. The average molecular weight is 469 g/mol. The molecule has 1 fully saturated rings. The Morgan fingerprint density at radius 1 is 1.24 bits per heavy atom. The van der Waals surface area contributed by atoms with Gasteiger partial charge in [0.25, 0.3) is 5.91 Å². The summed E-state index contributed by atoms with van der Waals surface area (Å²) < 4.78 is 5.52. The number of hydrazine groups is 1. The van der Waals surface area contributed by atoms with Crippen LogP contribution in [0.25, 0.3) is 10.9 Å². The molecule has 0 aliphatic carbocycles. The standard InChI is InChI=1S/C22H25ClN8O2/c1-30-10-13(11-30)25-21(32)14-5-4-12(8-18(14)33-3)20-27-22(31(2)29-20)26-17-7-6-16-15(19(17)23)9-24-28-16/h4-9,13,20,29H,10-11H2,1-3H3,(H,24,28)(H,25,32)(H,26,27). The van der Waals surface area contributed by atoms with Crippen molar-refractivity contribution in [1.82, 2.24) is 30.8 Å². The molecule has 0 spiro atoms. The van der Waals surface area contributed by atoms with Crippen molar-refractivity contribution in [2.45, 2.75) is 12.2 Å². The van der Waals surface area contributed by atoms with Gasteiger partial charge in [-0.25, -0.2) is 10.4 Å². The van der Waals surface area contributed by atoms with Gasteiger partial charge in [-0.05, 0) is 36.9 Å². The van der Waals surface area contributed by atoms with Crippen LogP contribution in [0.5, 0.6) is 5.75 Å². The maximum Gasteiger partial charge on any atom is 0.255 e. The number of carbonyl (C=O) groups is 1. The van der Waals surface area contributed by atoms with Crippen molar-refractivity contribution in [3.05, 3.63) is 52.7 Å². The van der Waals surface area contributed by atoms with Crippen LogP contribution in [0.4, 0.5) is 5.69 Å². The van der Waals surface area contributed by atoms with Gasteiger partial charge >= 0.3 is 0 Å². The number of benzene rings is 2. The summed E-state index contributed by atoms with van der Waals surface area (Å²) in [4.78, 5) is 19.6. The van der Waals surface area contributed by atoms with Gasteiger partial charge in [0.2, 0.25) is 5.96 Å². The van der Waals surface area contributed by atoms with Crippen molar-refractivity contribution >= 4 is 40.1 Å². The number of guanidine groups is 1. The number of aliphatic imine (C=N–C) groups is 1. The van der Waals surface area contributed by atoms with E-state index in [1.165, 1.54) is 0 Å². The van der Waals surface area contributed by atoms with Gasteiger partial charge in [-0.15, -0.1) is 0 Å². The van der Waals surface area contributed by atoms with Gasteiger partial charge in [-0.3, -0.25) is 14.9 Å². The second-order valence-corrected chi connectivity index (χ2v) is 8.66. The largest absolute Gasteiger partial charge is 0.496 e. The second kappa shape index (κ2) is 8.54. The third-order valence-corrected chi connectivity index (χ3v) is 6.28. The summed E-state index contributed by atoms with van der Waals surface area (Å²) in [6.45, 7) is 1.71. The summed E-state index contributed by atoms with van der Waals surface area (Å²) in [5.41, 5.74) is 6.25. The van der Waals surface area contributed by atoms with Crippen molar-refractivity contribution in [3.63, 3.8) is 0 Å². The molecule has 0 radical (unpaired) electrons. The summed E-state index contributed by atoms with van der Waals surface area (Å²) in [5, 5.41) is 16.4. The molecular weight excluding hydrogens is 444 g/mol. The van der Waals surface area contributed by atoms with Crippen molar-refractivity contribution in [2.75, 3.05) is 39.6 Å². The molecule has 11 heteroatoms. The number of H-pyrrole nitrogens is 1. The summed E-state index contributed by atoms with van der Waals surface area (Å²) >= 11 is 6.53. The van der Waals surface area contributed by atoms with Crippen LogP contribution in [0.1, 0.15) is 22.1 Å². The van der Waals surface area contributed by atoms with Gasteiger partial charge < -0.3 is 20.3 Å². The van der Waals surface area contributed by atoms with E-state index in [2.05, 4.69) is 31.2 Å². The molecule has 172 valence electrons. The number of likely N-dealkylation sites (tertiary alicyclic amines) is 1. The molecule has 3 heterocycles. The van der Waals surface area contributed by atoms with Crippen LogP contribution >= 0.6 is 11.6 Å². The highest BCUT2D eigenvalue weighted by Crippen LogP contribution is 2.31. The van der Waals surface area contributed by atoms with E-state index in [9.17, 15) is 4.79 Å². The zero-order valence-electron chi connectivity index (χ0n) is 18.5. The Morgan fingerprint density at radius 2 is 2.06 bits per heavy atom. The minimum absolute atomic E-state index is 0.136. The zero-order valence-corrected chi connectivity index (χ0v) is 19.3. The summed E-state index contributed by atoms with van der Waals surface area (Å²) in [5.74, 6) is 0.981. The molecule has 0 bridgehead atoms. The number of rotatable bonds is 5. The first kappa shape index (κ1) is 21.5. The molecule has 2 aromatic carbocycles. The Kier molecular flexibility index (Phi) is 5.57. The zero-order chi connectivity index (χ0) is 23.1. The Bertz CT molecular complexity index is 1240. The highest BCUT2D eigenvalue weighted by molar-refractivity contribution is 6.38. The smallest absolute Gasteiger partial charge is 0.255 e. The fourth-order valence-electron chi connectivity index (χ4n) is 4.07. The first-order valence-electron chi connectivity index (χ1n) is 10.6. The molecule has 4 N–H and O–H groups in total. The molecule has 2 aliphatic rings. The topological polar surface area (TPSA) is 110 Å². The normalized spacial score (nSPS) is 18.8. The number of nitrogens with one attached hydrogen (secondary N) is 4. The Balaban J connectivity index is 1.34. The van der Waals surface area contributed by atoms with Gasteiger partial charge in [0.15, 0.2) is 0 Å². The van der Waals surface area contributed by atoms with Crippen LogP contribution < -0.4 is 20.8 Å². The van der Waals surface area contributed by atoms with E-state index in [4.69, 9.17) is 21.3 Å². The number of aromatic nitrogens is 2. The minimum atomic E-state index is -0.347. The van der Waals surface area contributed by atoms with E-state index in [-0.39, 0.29) is 18.1 Å². The lowest BCUT2D eigenvalue weighted by Gasteiger charge is -2.36. The highest BCUT2D eigenvalue weighted by atomic mass is 35.5. The van der Waals surface area contributed by atoms with Crippen LogP contribution in [0, 0.1) is 0 Å². The first-order chi connectivity index (χ1) is 15.9. The van der Waals surface area contributed by atoms with Crippen LogP contribution in [0.2, 0.25) is 5.02 Å². The van der Waals surface area contributed by atoms with Crippen molar-refractivity contribution < 1.29 is 9.53 Å². The molecule has 33 heavy (non-hydrogen) atoms. The number of methoxy groups -OCH3 is 1. The molecule has 1 saturated heterocycles. The molecule has 10 nitrogen and oxygen atoms in total. The first-order valence-corrected chi connectivity index (χ1v) is 10.9. The van der Waals surface area contributed by atoms with Gasteiger partial charge in [-0.1, -0.05) is 17.7 Å². The van der Waals surface area contributed by atoms with Crippen LogP contribution in [-0.4, -0.2) is 72.3 Å². The van der Waals surface area contributed by atoms with Gasteiger partial charge in [0.1, 0.15) is 11.9 Å². The SMILES string of the molecule is COc1cc(C2N=C(Nc3ccc4[nH]ncc4c3Cl)N(C)N2)ccc1C(=O)NC1CN(C)C1. The molecule has 1 unspecified atom stereocenters. The molecule has 5 rings (SSSR count). The van der Waals surface area contributed by atoms with E-state index < -0.39 is 0 Å². The quantitative estimate of drug-likeness (QED) is 0.454. The van der Waals surface area contributed by atoms with Gasteiger partial charge in [0, 0.05) is 25.5 Å². The van der Waals surface area contributed by atoms with Crippen LogP contribution in [0.3, 0.4) is 0 Å². The number of hydrogen-bond donors (Lipinski definition) is 4. The summed E-state index contributed by atoms with van der Waals surface area (Å²) in [7, 11) is 5.45. The number of carbonyl (C=O) groups excluding carboxylic acids is 1. The third kappa shape index (κ3) is 4.08. The fourth-order valence-corrected chi connectivity index (χ4v) is 4.33. The molecule has 1 amide bonds. The number of fused-ring (bicyclic) bond motifs is 1. The van der Waals surface area contributed by atoms with Crippen molar-refractivity contribution in [3.8, 4) is 5.75 Å². The van der Waals surface area contributed by atoms with E-state index in [0.29, 0.717) is 22.3 Å². The molecule has 3 aromatic rings. The number of amides is 1. The summed E-state index contributed by atoms with van der Waals surface area (Å²) in [6, 6.07) is 9.45. The van der Waals surface area contributed by atoms with Crippen LogP contribution in [0.15, 0.2) is 41.5 Å². The van der Waals surface area contributed by atoms with E-state index in [0.717, 1.165) is 35.2 Å². The molecule has 0 saturated carbocycles.